The largest absolute Gasteiger partial charge is 0.481 e. The minimum Gasteiger partial charge on any atom is -0.481 e. The number of benzene rings is 1. The van der Waals surface area contributed by atoms with E-state index < -0.39 is 42.5 Å². The van der Waals surface area contributed by atoms with E-state index in [1.807, 2.05) is 0 Å². The van der Waals surface area contributed by atoms with Gasteiger partial charge in [0.25, 0.3) is 0 Å². The summed E-state index contributed by atoms with van der Waals surface area (Å²) < 4.78 is 5.82. The molecule has 2 atom stereocenters. The summed E-state index contributed by atoms with van der Waals surface area (Å²) in [5, 5.41) is 18.8. The van der Waals surface area contributed by atoms with Gasteiger partial charge in [-0.25, -0.2) is 0 Å². The number of carbonyl (C=O) groups excluding carboxylic acids is 1. The van der Waals surface area contributed by atoms with Gasteiger partial charge in [0.15, 0.2) is 5.72 Å². The number of nitrogens with two attached hydrogens (primary N) is 2. The highest BCUT2D eigenvalue weighted by atomic mass is 16.5. The Bertz CT molecular complexity index is 710. The van der Waals surface area contributed by atoms with Crippen LogP contribution in [0.2, 0.25) is 0 Å². The quantitative estimate of drug-likeness (QED) is 0.458. The number of unbranched alkanes of at least 4 members (excludes halogenated alkanes) is 2. The van der Waals surface area contributed by atoms with Crippen molar-refractivity contribution in [2.45, 2.75) is 37.8 Å². The smallest absolute Gasteiger partial charge is 0.323 e. The molecule has 1 heterocycles. The minimum atomic E-state index is -1.78. The van der Waals surface area contributed by atoms with E-state index >= 15 is 0 Å². The Morgan fingerprint density at radius 1 is 1.22 bits per heavy atom. The fourth-order valence-corrected chi connectivity index (χ4v) is 3.22. The zero-order valence-electron chi connectivity index (χ0n) is 15.0. The Morgan fingerprint density at radius 3 is 2.56 bits per heavy atom. The lowest BCUT2D eigenvalue weighted by Gasteiger charge is -2.33. The molecule has 0 saturated carbocycles. The normalized spacial score (nSPS) is 20.4. The van der Waals surface area contributed by atoms with E-state index in [-0.39, 0.29) is 17.9 Å². The number of carboxylic acids is 2. The SMILES string of the molecule is NCCCCCC(C(=O)O)[C@]1(N)CC(=O)N(CC(=O)O)c2ccccc2O1. The van der Waals surface area contributed by atoms with Crippen LogP contribution in [0.5, 0.6) is 5.75 Å². The second-order valence-electron chi connectivity index (χ2n) is 6.60. The van der Waals surface area contributed by atoms with Crippen molar-refractivity contribution >= 4 is 23.5 Å². The number of carboxylic acid groups (broad SMARTS) is 2. The van der Waals surface area contributed by atoms with Crippen molar-refractivity contribution in [2.24, 2.45) is 17.4 Å². The van der Waals surface area contributed by atoms with Crippen LogP contribution in [0.3, 0.4) is 0 Å². The van der Waals surface area contributed by atoms with Crippen LogP contribution in [0.15, 0.2) is 24.3 Å². The first-order chi connectivity index (χ1) is 12.8. The highest BCUT2D eigenvalue weighted by molar-refractivity contribution is 6.00. The van der Waals surface area contributed by atoms with Gasteiger partial charge in [-0.05, 0) is 31.5 Å². The zero-order valence-corrected chi connectivity index (χ0v) is 15.0. The van der Waals surface area contributed by atoms with E-state index in [2.05, 4.69) is 0 Å². The van der Waals surface area contributed by atoms with E-state index in [9.17, 15) is 19.5 Å². The average molecular weight is 379 g/mol. The van der Waals surface area contributed by atoms with E-state index in [0.717, 1.165) is 17.7 Å². The molecule has 0 spiro atoms. The molecule has 1 aliphatic heterocycles. The first-order valence-corrected chi connectivity index (χ1v) is 8.80. The number of fused-ring (bicyclic) bond motifs is 1. The van der Waals surface area contributed by atoms with Gasteiger partial charge in [0.2, 0.25) is 5.91 Å². The summed E-state index contributed by atoms with van der Waals surface area (Å²) in [6, 6.07) is 6.36. The number of carbonyl (C=O) groups is 3. The van der Waals surface area contributed by atoms with Gasteiger partial charge < -0.3 is 20.7 Å². The molecule has 1 aromatic rings. The monoisotopic (exact) mass is 379 g/mol. The molecule has 1 aliphatic rings. The molecule has 2 rings (SSSR count). The molecule has 0 radical (unpaired) electrons. The van der Waals surface area contributed by atoms with Crippen molar-refractivity contribution in [2.75, 3.05) is 18.0 Å². The van der Waals surface area contributed by atoms with Crippen LogP contribution in [0.4, 0.5) is 5.69 Å². The Labute approximate surface area is 156 Å². The Hall–Kier alpha value is -2.65. The van der Waals surface area contributed by atoms with Crippen molar-refractivity contribution in [1.29, 1.82) is 0 Å². The summed E-state index contributed by atoms with van der Waals surface area (Å²) in [4.78, 5) is 36.8. The van der Waals surface area contributed by atoms with Gasteiger partial charge in [0.1, 0.15) is 18.2 Å². The zero-order chi connectivity index (χ0) is 20.0. The topological polar surface area (TPSA) is 156 Å². The number of anilines is 1. The Balaban J connectivity index is 2.35. The van der Waals surface area contributed by atoms with Gasteiger partial charge in [0, 0.05) is 0 Å². The lowest BCUT2D eigenvalue weighted by atomic mass is 9.87. The maximum Gasteiger partial charge on any atom is 0.323 e. The fraction of sp³-hybridized carbons (Fsp3) is 0.500. The molecule has 9 nitrogen and oxygen atoms in total. The second kappa shape index (κ2) is 8.83. The summed E-state index contributed by atoms with van der Waals surface area (Å²) in [5.74, 6) is -3.91. The number of para-hydroxylation sites is 2. The molecule has 0 aliphatic carbocycles. The molecular weight excluding hydrogens is 354 g/mol. The molecule has 148 valence electrons. The van der Waals surface area contributed by atoms with Crippen LogP contribution in [0, 0.1) is 5.92 Å². The van der Waals surface area contributed by atoms with Crippen LogP contribution in [-0.2, 0) is 14.4 Å². The Morgan fingerprint density at radius 2 is 1.93 bits per heavy atom. The number of hydrogen-bond donors (Lipinski definition) is 4. The van der Waals surface area contributed by atoms with Crippen LogP contribution in [0.1, 0.15) is 32.1 Å². The standard InChI is InChI=1S/C18H25N3O6/c19-9-5-1-2-6-12(17(25)26)18(20)10-15(22)21(11-16(23)24)13-7-3-4-8-14(13)27-18/h3-4,7-8,12H,1-2,5-6,9-11,19-20H2,(H,23,24)(H,25,26)/t12?,18-/m0/s1. The van der Waals surface area contributed by atoms with Gasteiger partial charge in [-0.15, -0.1) is 0 Å². The van der Waals surface area contributed by atoms with E-state index in [4.69, 9.17) is 21.3 Å². The third kappa shape index (κ3) is 4.95. The van der Waals surface area contributed by atoms with Crippen molar-refractivity contribution < 1.29 is 29.3 Å². The minimum absolute atomic E-state index is 0.181. The first-order valence-electron chi connectivity index (χ1n) is 8.80. The average Bonchev–Trinajstić information content (AvgIpc) is 2.69. The fourth-order valence-electron chi connectivity index (χ4n) is 3.22. The number of rotatable bonds is 9. The number of hydrogen-bond acceptors (Lipinski definition) is 6. The second-order valence-corrected chi connectivity index (χ2v) is 6.60. The third-order valence-corrected chi connectivity index (χ3v) is 4.56. The molecule has 0 saturated heterocycles. The van der Waals surface area contributed by atoms with E-state index in [1.54, 1.807) is 18.2 Å². The molecule has 27 heavy (non-hydrogen) atoms. The predicted molar refractivity (Wildman–Crippen MR) is 97.2 cm³/mol. The number of nitrogens with zero attached hydrogens (tertiary/aromatic N) is 1. The molecule has 1 aromatic carbocycles. The summed E-state index contributed by atoms with van der Waals surface area (Å²) in [7, 11) is 0. The number of amides is 1. The first kappa shape index (κ1) is 20.7. The van der Waals surface area contributed by atoms with Gasteiger partial charge in [-0.3, -0.25) is 25.0 Å². The lowest BCUT2D eigenvalue weighted by Crippen LogP contribution is -2.57. The van der Waals surface area contributed by atoms with E-state index in [1.165, 1.54) is 6.07 Å². The van der Waals surface area contributed by atoms with Gasteiger partial charge >= 0.3 is 11.9 Å². The van der Waals surface area contributed by atoms with Gasteiger partial charge in [-0.2, -0.15) is 0 Å². The summed E-state index contributed by atoms with van der Waals surface area (Å²) in [6.07, 6.45) is 1.86. The third-order valence-electron chi connectivity index (χ3n) is 4.56. The molecule has 1 amide bonds. The number of ether oxygens (including phenoxy) is 1. The van der Waals surface area contributed by atoms with Crippen molar-refractivity contribution in [3.8, 4) is 5.75 Å². The van der Waals surface area contributed by atoms with Crippen molar-refractivity contribution in [1.82, 2.24) is 0 Å². The molecule has 9 heteroatoms. The highest BCUT2D eigenvalue weighted by Crippen LogP contribution is 2.38. The molecule has 6 N–H and O–H groups in total. The Kier molecular flexibility index (Phi) is 6.75. The molecule has 0 aromatic heterocycles. The summed E-state index contributed by atoms with van der Waals surface area (Å²) in [5.41, 5.74) is 10.2. The molecular formula is C18H25N3O6. The highest BCUT2D eigenvalue weighted by Gasteiger charge is 2.47. The van der Waals surface area contributed by atoms with Crippen LogP contribution in [-0.4, -0.2) is 46.9 Å². The van der Waals surface area contributed by atoms with Crippen molar-refractivity contribution in [3.05, 3.63) is 24.3 Å². The van der Waals surface area contributed by atoms with Crippen LogP contribution >= 0.6 is 0 Å². The van der Waals surface area contributed by atoms with Crippen LogP contribution < -0.4 is 21.1 Å². The van der Waals surface area contributed by atoms with Crippen molar-refractivity contribution in [3.63, 3.8) is 0 Å². The predicted octanol–water partition coefficient (Wildman–Crippen LogP) is 0.762. The van der Waals surface area contributed by atoms with Crippen LogP contribution in [0.25, 0.3) is 0 Å². The molecule has 1 unspecified atom stereocenters. The van der Waals surface area contributed by atoms with Gasteiger partial charge in [-0.1, -0.05) is 25.0 Å². The molecule has 0 bridgehead atoms. The maximum absolute atomic E-state index is 12.7. The van der Waals surface area contributed by atoms with E-state index in [0.29, 0.717) is 13.0 Å². The summed E-state index contributed by atoms with van der Waals surface area (Å²) >= 11 is 0. The molecule has 0 fully saturated rings. The summed E-state index contributed by atoms with van der Waals surface area (Å²) in [6.45, 7) is -0.0540. The maximum atomic E-state index is 12.7. The van der Waals surface area contributed by atoms with Gasteiger partial charge in [0.05, 0.1) is 12.1 Å². The lowest BCUT2D eigenvalue weighted by molar-refractivity contribution is -0.152. The number of aliphatic carboxylic acids is 2.